The molecule has 2 aliphatic rings. The number of amides is 1. The molecule has 0 aliphatic carbocycles. The second kappa shape index (κ2) is 8.05. The van der Waals surface area contributed by atoms with E-state index in [1.54, 1.807) is 0 Å². The van der Waals surface area contributed by atoms with Gasteiger partial charge in [0.1, 0.15) is 16.9 Å². The second-order valence-electron chi connectivity index (χ2n) is 7.93. The van der Waals surface area contributed by atoms with Crippen molar-refractivity contribution in [2.45, 2.75) is 19.5 Å². The van der Waals surface area contributed by atoms with Gasteiger partial charge in [0.05, 0.1) is 5.52 Å². The molecule has 0 saturated heterocycles. The average Bonchev–Trinajstić information content (AvgIpc) is 3.14. The highest BCUT2D eigenvalue weighted by atomic mass is 19.1. The zero-order valence-electron chi connectivity index (χ0n) is 17.5. The van der Waals surface area contributed by atoms with E-state index in [4.69, 9.17) is 10.5 Å². The summed E-state index contributed by atoms with van der Waals surface area (Å²) in [6.45, 7) is 1.33. The SMILES string of the molecule is NC1=C(N2CCc3ccc(CNC(=O)c4nc5cccc(F)c5c(=O)[nH]4)cc3C2)C(=O)CO1. The summed E-state index contributed by atoms with van der Waals surface area (Å²) in [6, 6.07) is 9.94. The third kappa shape index (κ3) is 3.79. The van der Waals surface area contributed by atoms with E-state index in [9.17, 15) is 18.8 Å². The normalized spacial score (nSPS) is 15.5. The first-order valence-electron chi connectivity index (χ1n) is 10.4. The van der Waals surface area contributed by atoms with E-state index in [-0.39, 0.29) is 41.5 Å². The number of ketones is 1. The van der Waals surface area contributed by atoms with Crippen LogP contribution in [0.3, 0.4) is 0 Å². The van der Waals surface area contributed by atoms with Crippen molar-refractivity contribution in [2.75, 3.05) is 13.2 Å². The number of fused-ring (bicyclic) bond motifs is 2. The van der Waals surface area contributed by atoms with Crippen molar-refractivity contribution in [1.29, 1.82) is 0 Å². The number of Topliss-reactive ketones (excluding diaryl/α,β-unsaturated/α-hetero) is 1. The molecule has 2 aliphatic heterocycles. The first kappa shape index (κ1) is 20.7. The minimum atomic E-state index is -0.712. The maximum Gasteiger partial charge on any atom is 0.287 e. The zero-order chi connectivity index (χ0) is 23.1. The fourth-order valence-corrected chi connectivity index (χ4v) is 4.18. The van der Waals surface area contributed by atoms with Gasteiger partial charge in [-0.25, -0.2) is 9.37 Å². The van der Waals surface area contributed by atoms with E-state index in [0.717, 1.165) is 29.2 Å². The molecule has 2 aromatic carbocycles. The van der Waals surface area contributed by atoms with Crippen molar-refractivity contribution in [2.24, 2.45) is 5.73 Å². The van der Waals surface area contributed by atoms with Crippen LogP contribution in [0.4, 0.5) is 4.39 Å². The number of hydrogen-bond donors (Lipinski definition) is 3. The number of rotatable bonds is 4. The number of nitrogens with two attached hydrogens (primary N) is 1. The van der Waals surface area contributed by atoms with Crippen LogP contribution in [0.15, 0.2) is 52.8 Å². The number of benzene rings is 2. The summed E-state index contributed by atoms with van der Waals surface area (Å²) in [6.07, 6.45) is 0.755. The monoisotopic (exact) mass is 449 g/mol. The summed E-state index contributed by atoms with van der Waals surface area (Å²) in [5, 5.41) is 2.54. The Morgan fingerprint density at radius 3 is 2.88 bits per heavy atom. The molecule has 1 aromatic heterocycles. The van der Waals surface area contributed by atoms with Crippen molar-refractivity contribution in [3.8, 4) is 0 Å². The molecule has 0 atom stereocenters. The number of nitrogens with zero attached hydrogens (tertiary/aromatic N) is 2. The lowest BCUT2D eigenvalue weighted by Crippen LogP contribution is -2.33. The minimum Gasteiger partial charge on any atom is -0.469 e. The highest BCUT2D eigenvalue weighted by molar-refractivity contribution is 5.98. The van der Waals surface area contributed by atoms with Crippen LogP contribution in [0, 0.1) is 5.82 Å². The number of H-pyrrole nitrogens is 1. The molecule has 0 saturated carbocycles. The van der Waals surface area contributed by atoms with Crippen molar-refractivity contribution >= 4 is 22.6 Å². The summed E-state index contributed by atoms with van der Waals surface area (Å²) in [5.74, 6) is -1.44. The Hall–Kier alpha value is -4.21. The van der Waals surface area contributed by atoms with Gasteiger partial charge >= 0.3 is 0 Å². The van der Waals surface area contributed by atoms with E-state index in [2.05, 4.69) is 15.3 Å². The summed E-state index contributed by atoms with van der Waals surface area (Å²) < 4.78 is 19.0. The Labute approximate surface area is 187 Å². The Balaban J connectivity index is 1.31. The molecule has 3 aromatic rings. The Bertz CT molecular complexity index is 1400. The van der Waals surface area contributed by atoms with E-state index in [1.807, 2.05) is 23.1 Å². The zero-order valence-corrected chi connectivity index (χ0v) is 17.5. The van der Waals surface area contributed by atoms with Gasteiger partial charge in [0.15, 0.2) is 12.4 Å². The number of carbonyl (C=O) groups is 2. The topological polar surface area (TPSA) is 130 Å². The van der Waals surface area contributed by atoms with E-state index in [1.165, 1.54) is 12.1 Å². The second-order valence-corrected chi connectivity index (χ2v) is 7.93. The van der Waals surface area contributed by atoms with Gasteiger partial charge in [-0.3, -0.25) is 14.4 Å². The Morgan fingerprint density at radius 2 is 2.09 bits per heavy atom. The standard InChI is InChI=1S/C23H20FN5O4/c24-15-2-1-3-16-18(15)22(31)28-21(27-16)23(32)26-9-12-4-5-13-6-7-29(10-14(13)8-12)19-17(30)11-33-20(19)25/h1-5,8H,6-7,9-11,25H2,(H,26,32)(H,27,28,31). The third-order valence-electron chi connectivity index (χ3n) is 5.81. The number of halogens is 1. The molecule has 10 heteroatoms. The molecule has 168 valence electrons. The molecule has 1 amide bonds. The van der Waals surface area contributed by atoms with Gasteiger partial charge in [-0.1, -0.05) is 24.3 Å². The molecular weight excluding hydrogens is 429 g/mol. The van der Waals surface area contributed by atoms with Crippen LogP contribution in [-0.4, -0.2) is 39.7 Å². The van der Waals surface area contributed by atoms with Crippen molar-refractivity contribution in [3.05, 3.63) is 86.7 Å². The lowest BCUT2D eigenvalue weighted by Gasteiger charge is -2.30. The van der Waals surface area contributed by atoms with Crippen molar-refractivity contribution < 1.29 is 18.7 Å². The van der Waals surface area contributed by atoms with Gasteiger partial charge in [-0.15, -0.1) is 0 Å². The predicted molar refractivity (Wildman–Crippen MR) is 116 cm³/mol. The van der Waals surface area contributed by atoms with Crippen molar-refractivity contribution in [3.63, 3.8) is 0 Å². The van der Waals surface area contributed by atoms with Crippen LogP contribution in [-0.2, 0) is 29.0 Å². The van der Waals surface area contributed by atoms with Gasteiger partial charge in [0.2, 0.25) is 11.7 Å². The van der Waals surface area contributed by atoms with Gasteiger partial charge in [-0.2, -0.15) is 0 Å². The van der Waals surface area contributed by atoms with Gasteiger partial charge in [0, 0.05) is 19.6 Å². The van der Waals surface area contributed by atoms with E-state index in [0.29, 0.717) is 18.8 Å². The quantitative estimate of drug-likeness (QED) is 0.543. The number of nitrogens with one attached hydrogen (secondary N) is 2. The average molecular weight is 449 g/mol. The highest BCUT2D eigenvalue weighted by Gasteiger charge is 2.30. The number of ether oxygens (including phenoxy) is 1. The maximum absolute atomic E-state index is 13.9. The maximum atomic E-state index is 13.9. The third-order valence-corrected chi connectivity index (χ3v) is 5.81. The van der Waals surface area contributed by atoms with Crippen molar-refractivity contribution in [1.82, 2.24) is 20.2 Å². The molecule has 33 heavy (non-hydrogen) atoms. The molecule has 0 spiro atoms. The number of aromatic nitrogens is 2. The molecule has 4 N–H and O–H groups in total. The summed E-state index contributed by atoms with van der Waals surface area (Å²) in [5.41, 5.74) is 8.68. The van der Waals surface area contributed by atoms with Crippen LogP contribution >= 0.6 is 0 Å². The largest absolute Gasteiger partial charge is 0.469 e. The molecule has 0 unspecified atom stereocenters. The molecular formula is C23H20FN5O4. The molecule has 0 bridgehead atoms. The molecule has 3 heterocycles. The minimum absolute atomic E-state index is 0.0336. The van der Waals surface area contributed by atoms with Crippen LogP contribution in [0.25, 0.3) is 10.9 Å². The number of hydrogen-bond acceptors (Lipinski definition) is 7. The summed E-state index contributed by atoms with van der Waals surface area (Å²) in [4.78, 5) is 45.2. The molecule has 0 radical (unpaired) electrons. The first-order valence-corrected chi connectivity index (χ1v) is 10.4. The summed E-state index contributed by atoms with van der Waals surface area (Å²) >= 11 is 0. The van der Waals surface area contributed by atoms with Gasteiger partial charge in [-0.05, 0) is 35.2 Å². The van der Waals surface area contributed by atoms with E-state index >= 15 is 0 Å². The van der Waals surface area contributed by atoms with Crippen LogP contribution in [0.5, 0.6) is 0 Å². The Kier molecular flexibility index (Phi) is 5.04. The molecule has 0 fully saturated rings. The highest BCUT2D eigenvalue weighted by Crippen LogP contribution is 2.26. The smallest absolute Gasteiger partial charge is 0.287 e. The fourth-order valence-electron chi connectivity index (χ4n) is 4.18. The molecule has 9 nitrogen and oxygen atoms in total. The lowest BCUT2D eigenvalue weighted by atomic mass is 9.96. The van der Waals surface area contributed by atoms with E-state index < -0.39 is 17.3 Å². The molecule has 5 rings (SSSR count). The predicted octanol–water partition coefficient (Wildman–Crippen LogP) is 1.08. The number of carbonyl (C=O) groups excluding carboxylic acids is 2. The van der Waals surface area contributed by atoms with Crippen LogP contribution in [0.2, 0.25) is 0 Å². The fraction of sp³-hybridized carbons (Fsp3) is 0.217. The lowest BCUT2D eigenvalue weighted by molar-refractivity contribution is -0.117. The summed E-state index contributed by atoms with van der Waals surface area (Å²) in [7, 11) is 0. The van der Waals surface area contributed by atoms with Crippen LogP contribution in [0.1, 0.15) is 27.3 Å². The van der Waals surface area contributed by atoms with Crippen LogP contribution < -0.4 is 16.6 Å². The van der Waals surface area contributed by atoms with Gasteiger partial charge in [0.25, 0.3) is 11.5 Å². The van der Waals surface area contributed by atoms with Gasteiger partial charge < -0.3 is 25.7 Å². The Morgan fingerprint density at radius 1 is 1.24 bits per heavy atom. The number of aromatic amines is 1. The first-order chi connectivity index (χ1) is 15.9.